The summed E-state index contributed by atoms with van der Waals surface area (Å²) >= 11 is 0. The van der Waals surface area contributed by atoms with Crippen LogP contribution in [0.25, 0.3) is 10.9 Å². The molecule has 0 saturated carbocycles. The average Bonchev–Trinajstić information content (AvgIpc) is 3.21. The minimum Gasteiger partial charge on any atom is -0.390 e. The van der Waals surface area contributed by atoms with E-state index in [1.807, 2.05) is 24.0 Å². The Bertz CT molecular complexity index is 1240. The van der Waals surface area contributed by atoms with E-state index in [-0.39, 0.29) is 24.2 Å². The number of halogens is 5. The molecule has 0 amide bonds. The van der Waals surface area contributed by atoms with E-state index in [0.717, 1.165) is 35.8 Å². The summed E-state index contributed by atoms with van der Waals surface area (Å²) in [6.45, 7) is 4.60. The molecule has 2 unspecified atom stereocenters. The number of hydrogen-bond donors (Lipinski definition) is 3. The first kappa shape index (κ1) is 29.5. The van der Waals surface area contributed by atoms with Crippen LogP contribution < -0.4 is 0 Å². The third kappa shape index (κ3) is 6.98. The maximum absolute atomic E-state index is 13.5. The number of rotatable bonds is 8. The summed E-state index contributed by atoms with van der Waals surface area (Å²) in [5, 5.41) is 20.0. The number of fused-ring (bicyclic) bond motifs is 3. The Kier molecular flexibility index (Phi) is 9.31. The van der Waals surface area contributed by atoms with Gasteiger partial charge in [0.15, 0.2) is 0 Å². The van der Waals surface area contributed by atoms with Crippen molar-refractivity contribution in [2.45, 2.75) is 51.3 Å². The molecule has 1 aromatic heterocycles. The molecular weight excluding hydrogens is 517 g/mol. The lowest BCUT2D eigenvalue weighted by atomic mass is 9.89. The van der Waals surface area contributed by atoms with Crippen LogP contribution in [0.4, 0.5) is 22.0 Å². The fraction of sp³-hybridized carbons (Fsp3) is 0.517. The monoisotopic (exact) mass is 553 g/mol. The van der Waals surface area contributed by atoms with Crippen molar-refractivity contribution >= 4 is 10.9 Å². The smallest absolute Gasteiger partial charge is 0.283 e. The molecule has 2 atom stereocenters. The summed E-state index contributed by atoms with van der Waals surface area (Å²) in [6.07, 6.45) is 0.371. The number of aromatic amines is 1. The normalized spacial score (nSPS) is 19.4. The largest absolute Gasteiger partial charge is 0.390 e. The van der Waals surface area contributed by atoms with E-state index >= 15 is 0 Å². The lowest BCUT2D eigenvalue weighted by Gasteiger charge is -2.41. The number of H-pyrrole nitrogens is 1. The quantitative estimate of drug-likeness (QED) is 0.338. The molecule has 3 aromatic rings. The molecule has 2 aliphatic heterocycles. The number of aromatic nitrogens is 1. The van der Waals surface area contributed by atoms with Crippen molar-refractivity contribution in [2.75, 3.05) is 39.5 Å². The molecule has 39 heavy (non-hydrogen) atoms. The van der Waals surface area contributed by atoms with Crippen molar-refractivity contribution in [2.24, 2.45) is 5.92 Å². The Morgan fingerprint density at radius 3 is 2.46 bits per heavy atom. The van der Waals surface area contributed by atoms with Gasteiger partial charge < -0.3 is 20.1 Å². The third-order valence-corrected chi connectivity index (χ3v) is 7.64. The first-order chi connectivity index (χ1) is 18.5. The topological polar surface area (TPSA) is 62.7 Å². The van der Waals surface area contributed by atoms with Crippen LogP contribution in [0.2, 0.25) is 0 Å². The molecular formula is C29H36F5N3O2. The summed E-state index contributed by atoms with van der Waals surface area (Å²) < 4.78 is 64.9. The SMILES string of the molecule is Cc1cccc2[nH]c3c(c12)CC(C)N(CC(F)(F)CO)C3.OC(c1cc(F)cc(F)c1)C1CN(CCCF)C1. The second-order valence-electron chi connectivity index (χ2n) is 10.8. The van der Waals surface area contributed by atoms with Crippen LogP contribution in [-0.4, -0.2) is 76.4 Å². The maximum Gasteiger partial charge on any atom is 0.283 e. The van der Waals surface area contributed by atoms with Gasteiger partial charge in [-0.2, -0.15) is 0 Å². The van der Waals surface area contributed by atoms with Gasteiger partial charge in [0.05, 0.1) is 19.3 Å². The number of aliphatic hydroxyl groups excluding tert-OH is 2. The van der Waals surface area contributed by atoms with E-state index in [2.05, 4.69) is 18.0 Å². The summed E-state index contributed by atoms with van der Waals surface area (Å²) in [7, 11) is 0. The Balaban J connectivity index is 0.000000183. The summed E-state index contributed by atoms with van der Waals surface area (Å²) in [6, 6.07) is 9.22. The van der Waals surface area contributed by atoms with Gasteiger partial charge >= 0.3 is 0 Å². The number of aryl methyl sites for hydroxylation is 1. The minimum absolute atomic E-state index is 0.0357. The van der Waals surface area contributed by atoms with Gasteiger partial charge in [0, 0.05) is 60.8 Å². The average molecular weight is 554 g/mol. The number of benzene rings is 2. The van der Waals surface area contributed by atoms with Crippen LogP contribution in [0, 0.1) is 24.5 Å². The van der Waals surface area contributed by atoms with Crippen LogP contribution in [0.15, 0.2) is 36.4 Å². The highest BCUT2D eigenvalue weighted by Crippen LogP contribution is 2.33. The van der Waals surface area contributed by atoms with E-state index in [9.17, 15) is 27.1 Å². The van der Waals surface area contributed by atoms with Crippen molar-refractivity contribution in [3.63, 3.8) is 0 Å². The molecule has 0 aliphatic carbocycles. The van der Waals surface area contributed by atoms with E-state index in [1.54, 1.807) is 4.90 Å². The van der Waals surface area contributed by atoms with Crippen molar-refractivity contribution in [1.82, 2.24) is 14.8 Å². The van der Waals surface area contributed by atoms with Gasteiger partial charge in [-0.25, -0.2) is 17.6 Å². The van der Waals surface area contributed by atoms with Crippen molar-refractivity contribution in [3.05, 3.63) is 70.4 Å². The molecule has 3 N–H and O–H groups in total. The van der Waals surface area contributed by atoms with Crippen molar-refractivity contribution in [3.8, 4) is 0 Å². The molecule has 5 nitrogen and oxygen atoms in total. The first-order valence-electron chi connectivity index (χ1n) is 13.3. The summed E-state index contributed by atoms with van der Waals surface area (Å²) in [5.74, 6) is -4.45. The van der Waals surface area contributed by atoms with Gasteiger partial charge in [-0.3, -0.25) is 9.29 Å². The number of hydrogen-bond acceptors (Lipinski definition) is 4. The van der Waals surface area contributed by atoms with Crippen LogP contribution in [0.1, 0.15) is 41.8 Å². The molecule has 2 aliphatic rings. The molecule has 5 rings (SSSR count). The highest BCUT2D eigenvalue weighted by molar-refractivity contribution is 5.88. The number of likely N-dealkylation sites (tertiary alicyclic amines) is 1. The standard InChI is InChI=1S/C16H20F2N2O.C13H16F3NO/c1-10-4-3-5-13-15(10)12-6-11(2)20(7-14(12)19-13)8-16(17,18)9-21;14-2-1-3-17-7-10(8-17)13(18)9-4-11(15)6-12(16)5-9/h3-5,11,19,21H,6-9H2,1-2H3;4-6,10,13,18H,1-3,7-8H2. The Labute approximate surface area is 225 Å². The van der Waals surface area contributed by atoms with Crippen molar-refractivity contribution < 1.29 is 32.2 Å². The predicted molar refractivity (Wildman–Crippen MR) is 140 cm³/mol. The maximum atomic E-state index is 13.5. The molecule has 0 bridgehead atoms. The summed E-state index contributed by atoms with van der Waals surface area (Å²) in [5.41, 5.74) is 4.82. The highest BCUT2D eigenvalue weighted by Gasteiger charge is 2.36. The number of nitrogens with zero attached hydrogens (tertiary/aromatic N) is 2. The van der Waals surface area contributed by atoms with Crippen LogP contribution in [0.3, 0.4) is 0 Å². The lowest BCUT2D eigenvalue weighted by molar-refractivity contribution is -0.0819. The van der Waals surface area contributed by atoms with Crippen LogP contribution >= 0.6 is 0 Å². The predicted octanol–water partition coefficient (Wildman–Crippen LogP) is 5.14. The second kappa shape index (κ2) is 12.3. The Morgan fingerprint density at radius 1 is 1.13 bits per heavy atom. The third-order valence-electron chi connectivity index (χ3n) is 7.64. The number of aliphatic hydroxyl groups is 2. The molecule has 3 heterocycles. The fourth-order valence-corrected chi connectivity index (χ4v) is 5.56. The van der Waals surface area contributed by atoms with E-state index in [4.69, 9.17) is 5.11 Å². The van der Waals surface area contributed by atoms with E-state index in [0.29, 0.717) is 32.6 Å². The van der Waals surface area contributed by atoms with E-state index in [1.165, 1.54) is 16.5 Å². The number of nitrogens with one attached hydrogen (secondary N) is 1. The van der Waals surface area contributed by atoms with E-state index < -0.39 is 36.8 Å². The molecule has 1 saturated heterocycles. The molecule has 2 aromatic carbocycles. The fourth-order valence-electron chi connectivity index (χ4n) is 5.56. The van der Waals surface area contributed by atoms with Gasteiger partial charge in [0.25, 0.3) is 5.92 Å². The summed E-state index contributed by atoms with van der Waals surface area (Å²) in [4.78, 5) is 7.12. The molecule has 10 heteroatoms. The zero-order chi connectivity index (χ0) is 28.3. The Morgan fingerprint density at radius 2 is 1.82 bits per heavy atom. The first-order valence-corrected chi connectivity index (χ1v) is 13.3. The van der Waals surface area contributed by atoms with Crippen LogP contribution in [-0.2, 0) is 13.0 Å². The number of alkyl halides is 3. The van der Waals surface area contributed by atoms with Gasteiger partial charge in [-0.15, -0.1) is 0 Å². The van der Waals surface area contributed by atoms with Crippen LogP contribution in [0.5, 0.6) is 0 Å². The second-order valence-corrected chi connectivity index (χ2v) is 10.8. The van der Waals surface area contributed by atoms with Gasteiger partial charge in [0.2, 0.25) is 0 Å². The minimum atomic E-state index is -3.05. The lowest BCUT2D eigenvalue weighted by Crippen LogP contribution is -2.49. The van der Waals surface area contributed by atoms with Gasteiger partial charge in [0.1, 0.15) is 18.2 Å². The molecule has 0 radical (unpaired) electrons. The molecule has 214 valence electrons. The van der Waals surface area contributed by atoms with Gasteiger partial charge in [-0.05, 0) is 61.6 Å². The molecule has 0 spiro atoms. The highest BCUT2D eigenvalue weighted by atomic mass is 19.3. The van der Waals surface area contributed by atoms with Gasteiger partial charge in [-0.1, -0.05) is 12.1 Å². The molecule has 1 fully saturated rings. The Hall–Kier alpha value is -2.53. The zero-order valence-electron chi connectivity index (χ0n) is 22.2. The zero-order valence-corrected chi connectivity index (χ0v) is 22.2. The van der Waals surface area contributed by atoms with Crippen molar-refractivity contribution in [1.29, 1.82) is 0 Å².